The van der Waals surface area contributed by atoms with E-state index < -0.39 is 6.10 Å². The second-order valence-corrected chi connectivity index (χ2v) is 5.88. The lowest BCUT2D eigenvalue weighted by atomic mass is 10.1. The van der Waals surface area contributed by atoms with Crippen molar-refractivity contribution in [3.63, 3.8) is 0 Å². The summed E-state index contributed by atoms with van der Waals surface area (Å²) in [7, 11) is 0. The summed E-state index contributed by atoms with van der Waals surface area (Å²) < 4.78 is 0. The van der Waals surface area contributed by atoms with Crippen LogP contribution in [-0.2, 0) is 4.79 Å². The molecule has 3 N–H and O–H groups in total. The summed E-state index contributed by atoms with van der Waals surface area (Å²) in [5, 5.41) is 14.5. The molecule has 1 aromatic carbocycles. The molecular weight excluding hydrogens is 282 g/mol. The zero-order valence-electron chi connectivity index (χ0n) is 13.2. The highest BCUT2D eigenvalue weighted by Gasteiger charge is 2.31. The van der Waals surface area contributed by atoms with E-state index in [0.717, 1.165) is 11.3 Å². The molecule has 120 valence electrons. The number of nitrogens with zero attached hydrogens (tertiary/aromatic N) is 1. The highest BCUT2D eigenvalue weighted by atomic mass is 16.3. The van der Waals surface area contributed by atoms with Crippen LogP contribution in [0.5, 0.6) is 0 Å². The average molecular weight is 305 g/mol. The number of carbonyl (C=O) groups excluding carboxylic acids is 2. The van der Waals surface area contributed by atoms with Gasteiger partial charge in [-0.3, -0.25) is 4.79 Å². The fraction of sp³-hybridized carbons (Fsp3) is 0.500. The molecule has 3 amide bonds. The van der Waals surface area contributed by atoms with Crippen LogP contribution in [0.4, 0.5) is 10.5 Å². The summed E-state index contributed by atoms with van der Waals surface area (Å²) in [6.07, 6.45) is -0.308. The highest BCUT2D eigenvalue weighted by molar-refractivity contribution is 5.96. The van der Waals surface area contributed by atoms with Crippen LogP contribution in [0.25, 0.3) is 0 Å². The lowest BCUT2D eigenvalue weighted by Gasteiger charge is -2.18. The number of aliphatic hydroxyl groups excluding tert-OH is 1. The predicted octanol–water partition coefficient (Wildman–Crippen LogP) is 1.09. The SMILES string of the molecule is Cc1ccc(N2C[C@H](NC(=O)NC[C@@H](C)O)CC2=O)cc1C. The maximum atomic E-state index is 12.1. The van der Waals surface area contributed by atoms with Gasteiger partial charge in [-0.1, -0.05) is 6.07 Å². The van der Waals surface area contributed by atoms with Gasteiger partial charge in [-0.15, -0.1) is 0 Å². The molecule has 2 rings (SSSR count). The molecule has 22 heavy (non-hydrogen) atoms. The fourth-order valence-electron chi connectivity index (χ4n) is 2.42. The molecule has 0 radical (unpaired) electrons. The van der Waals surface area contributed by atoms with Crippen molar-refractivity contribution >= 4 is 17.6 Å². The minimum Gasteiger partial charge on any atom is -0.392 e. The van der Waals surface area contributed by atoms with Crippen molar-refractivity contribution in [3.8, 4) is 0 Å². The monoisotopic (exact) mass is 305 g/mol. The van der Waals surface area contributed by atoms with Crippen molar-refractivity contribution in [2.45, 2.75) is 39.3 Å². The maximum Gasteiger partial charge on any atom is 0.315 e. The van der Waals surface area contributed by atoms with Crippen LogP contribution < -0.4 is 15.5 Å². The third-order valence-corrected chi connectivity index (χ3v) is 3.82. The van der Waals surface area contributed by atoms with Crippen LogP contribution in [-0.4, -0.2) is 42.3 Å². The minimum absolute atomic E-state index is 0.00378. The summed E-state index contributed by atoms with van der Waals surface area (Å²) in [5.41, 5.74) is 3.18. The third kappa shape index (κ3) is 3.98. The second-order valence-electron chi connectivity index (χ2n) is 5.88. The Labute approximate surface area is 130 Å². The number of anilines is 1. The summed E-state index contributed by atoms with van der Waals surface area (Å²) in [6.45, 7) is 6.29. The number of aryl methyl sites for hydroxylation is 2. The van der Waals surface area contributed by atoms with E-state index in [-0.39, 0.29) is 30.9 Å². The number of carbonyl (C=O) groups is 2. The first-order valence-corrected chi connectivity index (χ1v) is 7.47. The number of nitrogens with one attached hydrogen (secondary N) is 2. The molecule has 0 spiro atoms. The Bertz CT molecular complexity index is 572. The van der Waals surface area contributed by atoms with Gasteiger partial charge < -0.3 is 20.6 Å². The number of benzene rings is 1. The molecule has 0 aromatic heterocycles. The zero-order valence-corrected chi connectivity index (χ0v) is 13.2. The molecule has 2 atom stereocenters. The van der Waals surface area contributed by atoms with Crippen LogP contribution in [0, 0.1) is 13.8 Å². The van der Waals surface area contributed by atoms with Gasteiger partial charge in [-0.05, 0) is 44.0 Å². The van der Waals surface area contributed by atoms with Crippen LogP contribution in [0.15, 0.2) is 18.2 Å². The van der Waals surface area contributed by atoms with Gasteiger partial charge in [-0.2, -0.15) is 0 Å². The van der Waals surface area contributed by atoms with Gasteiger partial charge in [0.2, 0.25) is 5.91 Å². The average Bonchev–Trinajstić information content (AvgIpc) is 2.80. The molecular formula is C16H23N3O3. The summed E-state index contributed by atoms with van der Waals surface area (Å²) >= 11 is 0. The zero-order chi connectivity index (χ0) is 16.3. The Balaban J connectivity index is 1.95. The highest BCUT2D eigenvalue weighted by Crippen LogP contribution is 2.23. The number of urea groups is 1. The van der Waals surface area contributed by atoms with Crippen molar-refractivity contribution in [3.05, 3.63) is 29.3 Å². The Hall–Kier alpha value is -2.08. The fourth-order valence-corrected chi connectivity index (χ4v) is 2.42. The van der Waals surface area contributed by atoms with Crippen LogP contribution in [0.2, 0.25) is 0 Å². The molecule has 1 aliphatic heterocycles. The molecule has 1 aliphatic rings. The van der Waals surface area contributed by atoms with E-state index >= 15 is 0 Å². The Morgan fingerprint density at radius 2 is 2.14 bits per heavy atom. The van der Waals surface area contributed by atoms with E-state index in [0.29, 0.717) is 6.54 Å². The molecule has 0 saturated carbocycles. The molecule has 6 heteroatoms. The van der Waals surface area contributed by atoms with Crippen molar-refractivity contribution in [2.24, 2.45) is 0 Å². The molecule has 1 aromatic rings. The third-order valence-electron chi connectivity index (χ3n) is 3.82. The second kappa shape index (κ2) is 6.79. The van der Waals surface area contributed by atoms with Gasteiger partial charge in [0.1, 0.15) is 0 Å². The standard InChI is InChI=1S/C16H23N3O3/c1-10-4-5-14(6-11(10)2)19-9-13(7-15(19)21)18-16(22)17-8-12(3)20/h4-6,12-13,20H,7-9H2,1-3H3,(H2,17,18,22)/t12-,13-/m1/s1. The molecule has 0 aliphatic carbocycles. The topological polar surface area (TPSA) is 81.7 Å². The van der Waals surface area contributed by atoms with Gasteiger partial charge in [-0.25, -0.2) is 4.79 Å². The predicted molar refractivity (Wildman–Crippen MR) is 84.9 cm³/mol. The first-order chi connectivity index (χ1) is 10.4. The Morgan fingerprint density at radius 1 is 1.41 bits per heavy atom. The van der Waals surface area contributed by atoms with Gasteiger partial charge in [0.15, 0.2) is 0 Å². The number of amides is 3. The van der Waals surface area contributed by atoms with Crippen LogP contribution in [0.1, 0.15) is 24.5 Å². The van der Waals surface area contributed by atoms with Gasteiger partial charge in [0.25, 0.3) is 0 Å². The van der Waals surface area contributed by atoms with Gasteiger partial charge in [0.05, 0.1) is 12.1 Å². The molecule has 1 saturated heterocycles. The quantitative estimate of drug-likeness (QED) is 0.779. The molecule has 0 bridgehead atoms. The Kier molecular flexibility index (Phi) is 5.03. The summed E-state index contributed by atoms with van der Waals surface area (Å²) in [5.74, 6) is 0.00378. The summed E-state index contributed by atoms with van der Waals surface area (Å²) in [4.78, 5) is 25.5. The van der Waals surface area contributed by atoms with Gasteiger partial charge in [0, 0.05) is 25.2 Å². The molecule has 1 fully saturated rings. The van der Waals surface area contributed by atoms with Crippen molar-refractivity contribution in [1.82, 2.24) is 10.6 Å². The molecule has 0 unspecified atom stereocenters. The van der Waals surface area contributed by atoms with E-state index in [1.54, 1.807) is 11.8 Å². The lowest BCUT2D eigenvalue weighted by molar-refractivity contribution is -0.117. The minimum atomic E-state index is -0.594. The molecule has 1 heterocycles. The summed E-state index contributed by atoms with van der Waals surface area (Å²) in [6, 6.07) is 5.33. The number of hydrogen-bond donors (Lipinski definition) is 3. The normalized spacial score (nSPS) is 19.2. The van der Waals surface area contributed by atoms with E-state index in [2.05, 4.69) is 10.6 Å². The first-order valence-electron chi connectivity index (χ1n) is 7.47. The largest absolute Gasteiger partial charge is 0.392 e. The van der Waals surface area contributed by atoms with Gasteiger partial charge >= 0.3 is 6.03 Å². The smallest absolute Gasteiger partial charge is 0.315 e. The van der Waals surface area contributed by atoms with Crippen molar-refractivity contribution < 1.29 is 14.7 Å². The van der Waals surface area contributed by atoms with Crippen LogP contribution in [0.3, 0.4) is 0 Å². The van der Waals surface area contributed by atoms with E-state index in [1.165, 1.54) is 5.56 Å². The number of aliphatic hydroxyl groups is 1. The first kappa shape index (κ1) is 16.3. The van der Waals surface area contributed by atoms with Crippen LogP contribution >= 0.6 is 0 Å². The Morgan fingerprint density at radius 3 is 2.77 bits per heavy atom. The van der Waals surface area contributed by atoms with E-state index in [4.69, 9.17) is 5.11 Å². The van der Waals surface area contributed by atoms with E-state index in [1.807, 2.05) is 32.0 Å². The van der Waals surface area contributed by atoms with E-state index in [9.17, 15) is 9.59 Å². The molecule has 6 nitrogen and oxygen atoms in total. The number of rotatable bonds is 4. The van der Waals surface area contributed by atoms with Crippen molar-refractivity contribution in [2.75, 3.05) is 18.0 Å². The lowest BCUT2D eigenvalue weighted by Crippen LogP contribution is -2.45. The maximum absolute atomic E-state index is 12.1. The number of hydrogen-bond acceptors (Lipinski definition) is 3. The van der Waals surface area contributed by atoms with Crippen molar-refractivity contribution in [1.29, 1.82) is 0 Å².